The van der Waals surface area contributed by atoms with Gasteiger partial charge in [-0.15, -0.1) is 0 Å². The van der Waals surface area contributed by atoms with Gasteiger partial charge in [0.15, 0.2) is 0 Å². The second-order valence-electron chi connectivity index (χ2n) is 7.06. The molecule has 1 fully saturated rings. The van der Waals surface area contributed by atoms with Gasteiger partial charge in [-0.3, -0.25) is 4.79 Å². The van der Waals surface area contributed by atoms with Crippen LogP contribution in [0.15, 0.2) is 52.0 Å². The lowest BCUT2D eigenvalue weighted by Crippen LogP contribution is -2.38. The summed E-state index contributed by atoms with van der Waals surface area (Å²) in [5, 5.41) is 2.84. The highest BCUT2D eigenvalue weighted by atomic mass is 32.2. The summed E-state index contributed by atoms with van der Waals surface area (Å²) in [6.45, 7) is 3.36. The summed E-state index contributed by atoms with van der Waals surface area (Å²) in [5.41, 5.74) is 1.04. The van der Waals surface area contributed by atoms with Gasteiger partial charge in [0, 0.05) is 19.5 Å². The predicted molar refractivity (Wildman–Crippen MR) is 102 cm³/mol. The highest BCUT2D eigenvalue weighted by molar-refractivity contribution is 7.89. The quantitative estimate of drug-likeness (QED) is 0.788. The van der Waals surface area contributed by atoms with Crippen LogP contribution in [0.2, 0.25) is 0 Å². The molecule has 146 valence electrons. The molecule has 0 radical (unpaired) electrons. The zero-order chi connectivity index (χ0) is 19.3. The number of aryl methyl sites for hydroxylation is 1. The molecule has 1 N–H and O–H groups in total. The van der Waals surface area contributed by atoms with E-state index in [1.807, 2.05) is 25.1 Å². The van der Waals surface area contributed by atoms with Crippen molar-refractivity contribution in [1.29, 1.82) is 0 Å². The molecule has 1 aromatic heterocycles. The molecule has 6 nitrogen and oxygen atoms in total. The first kappa shape index (κ1) is 19.6. The minimum atomic E-state index is -3.42. The summed E-state index contributed by atoms with van der Waals surface area (Å²) in [7, 11) is -3.42. The van der Waals surface area contributed by atoms with E-state index in [1.54, 1.807) is 28.8 Å². The van der Waals surface area contributed by atoms with Crippen LogP contribution >= 0.6 is 0 Å². The van der Waals surface area contributed by atoms with Crippen LogP contribution in [0.5, 0.6) is 0 Å². The summed E-state index contributed by atoms with van der Waals surface area (Å²) in [4.78, 5) is 12.3. The molecule has 0 atom stereocenters. The molecule has 2 aromatic rings. The Bertz CT molecular complexity index is 837. The zero-order valence-corrected chi connectivity index (χ0v) is 16.4. The van der Waals surface area contributed by atoms with Gasteiger partial charge in [0.05, 0.1) is 17.7 Å². The number of sulfonamides is 1. The molecule has 0 aliphatic carbocycles. The molecule has 1 aromatic carbocycles. The first-order valence-corrected chi connectivity index (χ1v) is 10.7. The van der Waals surface area contributed by atoms with E-state index in [1.165, 1.54) is 0 Å². The molecular weight excluding hydrogens is 364 g/mol. The summed E-state index contributed by atoms with van der Waals surface area (Å²) in [6.07, 6.45) is 4.39. The lowest BCUT2D eigenvalue weighted by Gasteiger charge is -2.31. The van der Waals surface area contributed by atoms with Crippen LogP contribution in [0.1, 0.15) is 37.0 Å². The van der Waals surface area contributed by atoms with Crippen molar-refractivity contribution in [3.05, 3.63) is 54.0 Å². The van der Waals surface area contributed by atoms with Crippen molar-refractivity contribution in [2.24, 2.45) is 5.92 Å². The van der Waals surface area contributed by atoms with Crippen molar-refractivity contribution < 1.29 is 17.6 Å². The maximum Gasteiger partial charge on any atom is 0.243 e. The van der Waals surface area contributed by atoms with Crippen molar-refractivity contribution in [2.45, 2.75) is 44.0 Å². The van der Waals surface area contributed by atoms with Gasteiger partial charge in [0.25, 0.3) is 0 Å². The summed E-state index contributed by atoms with van der Waals surface area (Å²) in [5.74, 6) is 1.11. The van der Waals surface area contributed by atoms with Gasteiger partial charge in [0.2, 0.25) is 15.9 Å². The van der Waals surface area contributed by atoms with E-state index >= 15 is 0 Å². The monoisotopic (exact) mass is 390 g/mol. The molecule has 0 spiro atoms. The fourth-order valence-electron chi connectivity index (χ4n) is 3.32. The predicted octanol–water partition coefficient (Wildman–Crippen LogP) is 3.09. The molecule has 1 saturated heterocycles. The van der Waals surface area contributed by atoms with Crippen LogP contribution in [-0.4, -0.2) is 31.7 Å². The lowest BCUT2D eigenvalue weighted by atomic mass is 9.93. The summed E-state index contributed by atoms with van der Waals surface area (Å²) < 4.78 is 32.2. The maximum absolute atomic E-state index is 12.7. The topological polar surface area (TPSA) is 79.6 Å². The number of furan rings is 1. The molecule has 2 heterocycles. The number of carbonyl (C=O) groups is 1. The Kier molecular flexibility index (Phi) is 6.34. The van der Waals surface area contributed by atoms with Gasteiger partial charge in [-0.05, 0) is 56.4 Å². The minimum Gasteiger partial charge on any atom is -0.467 e. The van der Waals surface area contributed by atoms with E-state index in [9.17, 15) is 13.2 Å². The smallest absolute Gasteiger partial charge is 0.243 e. The van der Waals surface area contributed by atoms with E-state index in [2.05, 4.69) is 5.32 Å². The highest BCUT2D eigenvalue weighted by Crippen LogP contribution is 2.26. The highest BCUT2D eigenvalue weighted by Gasteiger charge is 2.29. The molecule has 1 aliphatic rings. The summed E-state index contributed by atoms with van der Waals surface area (Å²) in [6, 6.07) is 10.6. The second kappa shape index (κ2) is 8.71. The second-order valence-corrected chi connectivity index (χ2v) is 8.99. The number of benzene rings is 1. The average Bonchev–Trinajstić information content (AvgIpc) is 3.19. The van der Waals surface area contributed by atoms with Crippen LogP contribution in [-0.2, 0) is 21.4 Å². The fourth-order valence-corrected chi connectivity index (χ4v) is 4.79. The van der Waals surface area contributed by atoms with Gasteiger partial charge >= 0.3 is 0 Å². The maximum atomic E-state index is 12.7. The molecule has 1 amide bonds. The Morgan fingerprint density at radius 1 is 1.19 bits per heavy atom. The van der Waals surface area contributed by atoms with E-state index in [-0.39, 0.29) is 5.91 Å². The van der Waals surface area contributed by atoms with Gasteiger partial charge in [0.1, 0.15) is 5.76 Å². The first-order chi connectivity index (χ1) is 12.9. The van der Waals surface area contributed by atoms with Gasteiger partial charge < -0.3 is 9.73 Å². The minimum absolute atomic E-state index is 0.00102. The Labute approximate surface area is 160 Å². The molecule has 0 saturated carbocycles. The SMILES string of the molecule is Cc1ccc(S(=O)(=O)N2CCC(CCC(=O)NCc3ccco3)CC2)cc1. The van der Waals surface area contributed by atoms with Crippen molar-refractivity contribution in [1.82, 2.24) is 9.62 Å². The number of amides is 1. The fraction of sp³-hybridized carbons (Fsp3) is 0.450. The standard InChI is InChI=1S/C20H26N2O4S/c1-16-4-7-19(8-5-16)27(24,25)22-12-10-17(11-13-22)6-9-20(23)21-15-18-3-2-14-26-18/h2-5,7-8,14,17H,6,9-13,15H2,1H3,(H,21,23). The Morgan fingerprint density at radius 2 is 1.89 bits per heavy atom. The average molecular weight is 391 g/mol. The molecule has 0 bridgehead atoms. The Morgan fingerprint density at radius 3 is 2.52 bits per heavy atom. The molecule has 7 heteroatoms. The van der Waals surface area contributed by atoms with Gasteiger partial charge in [-0.25, -0.2) is 8.42 Å². The lowest BCUT2D eigenvalue weighted by molar-refractivity contribution is -0.121. The van der Waals surface area contributed by atoms with Crippen molar-refractivity contribution in [3.8, 4) is 0 Å². The zero-order valence-electron chi connectivity index (χ0n) is 15.6. The molecule has 3 rings (SSSR count). The Hall–Kier alpha value is -2.12. The van der Waals surface area contributed by atoms with Crippen molar-refractivity contribution >= 4 is 15.9 Å². The number of rotatable bonds is 7. The normalized spacial score (nSPS) is 16.3. The first-order valence-electron chi connectivity index (χ1n) is 9.31. The number of carbonyl (C=O) groups excluding carboxylic acids is 1. The third-order valence-electron chi connectivity index (χ3n) is 5.05. The number of hydrogen-bond donors (Lipinski definition) is 1. The number of hydrogen-bond acceptors (Lipinski definition) is 4. The molecular formula is C20H26N2O4S. The van der Waals surface area contributed by atoms with Crippen LogP contribution < -0.4 is 5.32 Å². The van der Waals surface area contributed by atoms with Gasteiger partial charge in [-0.2, -0.15) is 4.31 Å². The van der Waals surface area contributed by atoms with Crippen LogP contribution in [0.4, 0.5) is 0 Å². The Balaban J connectivity index is 1.43. The van der Waals surface area contributed by atoms with Crippen LogP contribution in [0.25, 0.3) is 0 Å². The molecule has 27 heavy (non-hydrogen) atoms. The van der Waals surface area contributed by atoms with Crippen LogP contribution in [0.3, 0.4) is 0 Å². The largest absolute Gasteiger partial charge is 0.467 e. The number of nitrogens with one attached hydrogen (secondary N) is 1. The van der Waals surface area contributed by atoms with Crippen molar-refractivity contribution in [3.63, 3.8) is 0 Å². The van der Waals surface area contributed by atoms with E-state index in [4.69, 9.17) is 4.42 Å². The number of piperidine rings is 1. The third-order valence-corrected chi connectivity index (χ3v) is 6.96. The number of nitrogens with zero attached hydrogens (tertiary/aromatic N) is 1. The van der Waals surface area contributed by atoms with Crippen molar-refractivity contribution in [2.75, 3.05) is 13.1 Å². The van der Waals surface area contributed by atoms with Gasteiger partial charge in [-0.1, -0.05) is 17.7 Å². The van der Waals surface area contributed by atoms with E-state index in [0.29, 0.717) is 36.9 Å². The summed E-state index contributed by atoms with van der Waals surface area (Å²) >= 11 is 0. The molecule has 0 unspecified atom stereocenters. The van der Waals surface area contributed by atoms with E-state index in [0.717, 1.165) is 30.6 Å². The molecule has 1 aliphatic heterocycles. The third kappa shape index (κ3) is 5.20. The van der Waals surface area contributed by atoms with Crippen LogP contribution in [0, 0.1) is 12.8 Å². The van der Waals surface area contributed by atoms with E-state index < -0.39 is 10.0 Å².